The molecule has 0 saturated heterocycles. The van der Waals surface area contributed by atoms with Crippen LogP contribution in [0.15, 0.2) is 41.2 Å². The molecule has 1 aliphatic carbocycles. The van der Waals surface area contributed by atoms with Gasteiger partial charge in [-0.15, -0.1) is 0 Å². The maximum atomic E-state index is 12.5. The van der Waals surface area contributed by atoms with E-state index in [4.69, 9.17) is 10.00 Å². The Morgan fingerprint density at radius 1 is 1.27 bits per heavy atom. The first-order chi connectivity index (χ1) is 10.8. The third kappa shape index (κ3) is 2.62. The molecule has 1 aromatic heterocycles. The Kier molecular flexibility index (Phi) is 3.97. The minimum absolute atomic E-state index is 0.197. The summed E-state index contributed by atoms with van der Waals surface area (Å²) in [5, 5.41) is 9.09. The zero-order valence-corrected chi connectivity index (χ0v) is 12.6. The highest BCUT2D eigenvalue weighted by Crippen LogP contribution is 2.39. The van der Waals surface area contributed by atoms with Crippen LogP contribution in [0.2, 0.25) is 0 Å². The highest BCUT2D eigenvalue weighted by atomic mass is 16.5. The van der Waals surface area contributed by atoms with Gasteiger partial charge in [-0.25, -0.2) is 0 Å². The zero-order chi connectivity index (χ0) is 15.5. The molecule has 0 aliphatic heterocycles. The van der Waals surface area contributed by atoms with Gasteiger partial charge in [-0.3, -0.25) is 4.79 Å². The summed E-state index contributed by atoms with van der Waals surface area (Å²) in [5.41, 5.74) is 1.73. The van der Waals surface area contributed by atoms with Gasteiger partial charge in [0.05, 0.1) is 12.3 Å². The molecule has 1 aliphatic rings. The van der Waals surface area contributed by atoms with Gasteiger partial charge in [0, 0.05) is 11.6 Å². The number of nitriles is 1. The van der Waals surface area contributed by atoms with Crippen molar-refractivity contribution in [1.29, 1.82) is 5.26 Å². The Balaban J connectivity index is 2.15. The molecule has 0 spiro atoms. The summed E-state index contributed by atoms with van der Waals surface area (Å²) >= 11 is 0. The highest BCUT2D eigenvalue weighted by Gasteiger charge is 2.28. The van der Waals surface area contributed by atoms with Crippen LogP contribution in [0.1, 0.15) is 37.8 Å². The Bertz CT molecular complexity index is 782. The van der Waals surface area contributed by atoms with Gasteiger partial charge in [0.2, 0.25) is 0 Å². The van der Waals surface area contributed by atoms with Crippen molar-refractivity contribution in [3.8, 4) is 23.1 Å². The number of nitrogens with zero attached hydrogens (tertiary/aromatic N) is 2. The van der Waals surface area contributed by atoms with Crippen LogP contribution in [-0.4, -0.2) is 11.2 Å². The summed E-state index contributed by atoms with van der Waals surface area (Å²) in [6.45, 7) is 2.70. The Labute approximate surface area is 129 Å². The number of rotatable bonds is 5. The van der Waals surface area contributed by atoms with Gasteiger partial charge in [-0.2, -0.15) is 5.26 Å². The van der Waals surface area contributed by atoms with Gasteiger partial charge < -0.3 is 9.30 Å². The predicted octanol–water partition coefficient (Wildman–Crippen LogP) is 3.51. The molecule has 112 valence electrons. The molecule has 2 aromatic rings. The van der Waals surface area contributed by atoms with E-state index in [1.54, 1.807) is 10.6 Å². The first-order valence-corrected chi connectivity index (χ1v) is 7.64. The van der Waals surface area contributed by atoms with Crippen LogP contribution in [0, 0.1) is 11.3 Å². The third-order valence-electron chi connectivity index (χ3n) is 3.77. The molecule has 22 heavy (non-hydrogen) atoms. The zero-order valence-electron chi connectivity index (χ0n) is 12.6. The second-order valence-corrected chi connectivity index (χ2v) is 5.50. The highest BCUT2D eigenvalue weighted by molar-refractivity contribution is 5.68. The molecule has 1 fully saturated rings. The lowest BCUT2D eigenvalue weighted by molar-refractivity contribution is 0.318. The maximum absolute atomic E-state index is 12.5. The van der Waals surface area contributed by atoms with Crippen LogP contribution in [-0.2, 0) is 0 Å². The fraction of sp³-hybridized carbons (Fsp3) is 0.333. The number of aromatic nitrogens is 1. The molecule has 1 heterocycles. The molecule has 0 amide bonds. The normalized spacial score (nSPS) is 13.6. The SMILES string of the molecule is CCCOc1ccccc1-c1ccc(C#N)c(=O)n1C1CC1. The minimum atomic E-state index is -0.201. The molecule has 4 heteroatoms. The lowest BCUT2D eigenvalue weighted by Crippen LogP contribution is -2.23. The first-order valence-electron chi connectivity index (χ1n) is 7.64. The van der Waals surface area contributed by atoms with Crippen molar-refractivity contribution in [2.24, 2.45) is 0 Å². The summed E-state index contributed by atoms with van der Waals surface area (Å²) in [6.07, 6.45) is 2.90. The van der Waals surface area contributed by atoms with E-state index in [2.05, 4.69) is 6.92 Å². The minimum Gasteiger partial charge on any atom is -0.493 e. The van der Waals surface area contributed by atoms with Crippen molar-refractivity contribution in [2.45, 2.75) is 32.2 Å². The second-order valence-electron chi connectivity index (χ2n) is 5.50. The molecule has 1 saturated carbocycles. The fourth-order valence-corrected chi connectivity index (χ4v) is 2.57. The summed E-state index contributed by atoms with van der Waals surface area (Å²) < 4.78 is 7.57. The summed E-state index contributed by atoms with van der Waals surface area (Å²) in [4.78, 5) is 12.5. The van der Waals surface area contributed by atoms with Crippen molar-refractivity contribution < 1.29 is 4.74 Å². The molecule has 0 N–H and O–H groups in total. The van der Waals surface area contributed by atoms with Crippen molar-refractivity contribution in [1.82, 2.24) is 4.57 Å². The quantitative estimate of drug-likeness (QED) is 0.848. The van der Waals surface area contributed by atoms with Crippen LogP contribution < -0.4 is 10.3 Å². The third-order valence-corrected chi connectivity index (χ3v) is 3.77. The molecule has 1 aromatic carbocycles. The van der Waals surface area contributed by atoms with Crippen molar-refractivity contribution in [3.05, 3.63) is 52.3 Å². The van der Waals surface area contributed by atoms with Gasteiger partial charge in [0.25, 0.3) is 5.56 Å². The van der Waals surface area contributed by atoms with E-state index in [0.29, 0.717) is 6.61 Å². The largest absolute Gasteiger partial charge is 0.493 e. The van der Waals surface area contributed by atoms with E-state index in [0.717, 1.165) is 36.3 Å². The number of hydrogen-bond acceptors (Lipinski definition) is 3. The molecule has 0 atom stereocenters. The van der Waals surface area contributed by atoms with E-state index in [1.165, 1.54) is 0 Å². The molecule has 3 rings (SSSR count). The summed E-state index contributed by atoms with van der Waals surface area (Å²) in [7, 11) is 0. The van der Waals surface area contributed by atoms with Crippen LogP contribution in [0.3, 0.4) is 0 Å². The van der Waals surface area contributed by atoms with E-state index in [1.807, 2.05) is 36.4 Å². The van der Waals surface area contributed by atoms with E-state index < -0.39 is 0 Å². The first kappa shape index (κ1) is 14.4. The Morgan fingerprint density at radius 3 is 2.73 bits per heavy atom. The summed E-state index contributed by atoms with van der Waals surface area (Å²) in [5.74, 6) is 0.780. The molecule has 0 bridgehead atoms. The number of para-hydroxylation sites is 1. The summed E-state index contributed by atoms with van der Waals surface area (Å²) in [6, 6.07) is 13.4. The average molecular weight is 294 g/mol. The monoisotopic (exact) mass is 294 g/mol. The van der Waals surface area contributed by atoms with Crippen LogP contribution >= 0.6 is 0 Å². The van der Waals surface area contributed by atoms with Crippen LogP contribution in [0.5, 0.6) is 5.75 Å². The second kappa shape index (κ2) is 6.07. The van der Waals surface area contributed by atoms with Gasteiger partial charge in [0.1, 0.15) is 17.4 Å². The number of benzene rings is 1. The topological polar surface area (TPSA) is 55.0 Å². The fourth-order valence-electron chi connectivity index (χ4n) is 2.57. The van der Waals surface area contributed by atoms with E-state index >= 15 is 0 Å². The lowest BCUT2D eigenvalue weighted by atomic mass is 10.1. The van der Waals surface area contributed by atoms with E-state index in [9.17, 15) is 4.79 Å². The Morgan fingerprint density at radius 2 is 2.05 bits per heavy atom. The number of pyridine rings is 1. The smallest absolute Gasteiger partial charge is 0.269 e. The molecular weight excluding hydrogens is 276 g/mol. The maximum Gasteiger partial charge on any atom is 0.269 e. The standard InChI is InChI=1S/C18H18N2O2/c1-2-11-22-17-6-4-3-5-15(17)16-10-7-13(12-19)18(21)20(16)14-8-9-14/h3-7,10,14H,2,8-9,11H2,1H3. The van der Waals surface area contributed by atoms with Gasteiger partial charge >= 0.3 is 0 Å². The van der Waals surface area contributed by atoms with Gasteiger partial charge in [0.15, 0.2) is 0 Å². The Hall–Kier alpha value is -2.54. The number of hydrogen-bond donors (Lipinski definition) is 0. The lowest BCUT2D eigenvalue weighted by Gasteiger charge is -2.16. The van der Waals surface area contributed by atoms with Crippen molar-refractivity contribution >= 4 is 0 Å². The van der Waals surface area contributed by atoms with Crippen molar-refractivity contribution in [2.75, 3.05) is 6.61 Å². The molecular formula is C18H18N2O2. The van der Waals surface area contributed by atoms with Gasteiger partial charge in [-0.1, -0.05) is 19.1 Å². The van der Waals surface area contributed by atoms with Crippen LogP contribution in [0.25, 0.3) is 11.3 Å². The number of ether oxygens (including phenoxy) is 1. The van der Waals surface area contributed by atoms with Gasteiger partial charge in [-0.05, 0) is 43.5 Å². The average Bonchev–Trinajstić information content (AvgIpc) is 3.37. The van der Waals surface area contributed by atoms with Crippen LogP contribution in [0.4, 0.5) is 0 Å². The predicted molar refractivity (Wildman–Crippen MR) is 84.9 cm³/mol. The molecule has 0 radical (unpaired) electrons. The molecule has 0 unspecified atom stereocenters. The van der Waals surface area contributed by atoms with Crippen molar-refractivity contribution in [3.63, 3.8) is 0 Å². The van der Waals surface area contributed by atoms with E-state index in [-0.39, 0.29) is 17.2 Å². The molecule has 4 nitrogen and oxygen atoms in total.